The molecule has 1 fully saturated rings. The Bertz CT molecular complexity index is 1300. The van der Waals surface area contributed by atoms with Crippen molar-refractivity contribution in [3.05, 3.63) is 57.0 Å². The van der Waals surface area contributed by atoms with Gasteiger partial charge in [0.05, 0.1) is 21.8 Å². The number of amides is 1. The third-order valence-electron chi connectivity index (χ3n) is 5.86. The van der Waals surface area contributed by atoms with E-state index in [1.165, 1.54) is 12.5 Å². The van der Waals surface area contributed by atoms with E-state index in [1.54, 1.807) is 13.0 Å². The van der Waals surface area contributed by atoms with Gasteiger partial charge in [-0.15, -0.1) is 11.3 Å². The minimum atomic E-state index is -4.69. The molecule has 9 nitrogen and oxygen atoms in total. The Hall–Kier alpha value is -3.16. The van der Waals surface area contributed by atoms with Crippen LogP contribution in [0.5, 0.6) is 0 Å². The fraction of sp³-hybridized carbons (Fsp3) is 0.391. The Morgan fingerprint density at radius 1 is 1.19 bits per heavy atom. The Kier molecular flexibility index (Phi) is 8.05. The van der Waals surface area contributed by atoms with Crippen molar-refractivity contribution < 1.29 is 22.8 Å². The van der Waals surface area contributed by atoms with E-state index in [1.807, 2.05) is 0 Å². The van der Waals surface area contributed by atoms with Crippen molar-refractivity contribution in [2.24, 2.45) is 5.73 Å². The fourth-order valence-corrected chi connectivity index (χ4v) is 4.87. The number of pyridine rings is 1. The lowest BCUT2D eigenvalue weighted by atomic mass is 10.0. The molecule has 0 aliphatic carbocycles. The van der Waals surface area contributed by atoms with Crippen molar-refractivity contribution in [2.45, 2.75) is 44.3 Å². The maximum Gasteiger partial charge on any atom is 0.418 e. The van der Waals surface area contributed by atoms with Gasteiger partial charge in [-0.3, -0.25) is 9.59 Å². The van der Waals surface area contributed by atoms with Gasteiger partial charge in [0.15, 0.2) is 5.78 Å². The average molecular weight is 554 g/mol. The minimum absolute atomic E-state index is 0.101. The zero-order valence-electron chi connectivity index (χ0n) is 19.6. The molecule has 3 aromatic heterocycles. The van der Waals surface area contributed by atoms with E-state index in [0.717, 1.165) is 43.5 Å². The summed E-state index contributed by atoms with van der Waals surface area (Å²) in [6.45, 7) is 3.31. The summed E-state index contributed by atoms with van der Waals surface area (Å²) in [6, 6.07) is 2.50. The number of halogens is 4. The standard InChI is InChI=1S/C23H23ClF3N7O2S/c1-12(6-17(35)16-8-20(32-11-31-16)34-4-2-13(28)3-5-34)22-30-10-18(37-22)21(36)33-19-7-14(23(25,26)27)15(24)9-29-19/h7-13H,2-6,28H2,1H3,(H,29,33,36). The van der Waals surface area contributed by atoms with Crippen LogP contribution in [-0.4, -0.2) is 50.8 Å². The molecule has 0 aromatic carbocycles. The Morgan fingerprint density at radius 2 is 1.92 bits per heavy atom. The lowest BCUT2D eigenvalue weighted by Gasteiger charge is -2.31. The summed E-state index contributed by atoms with van der Waals surface area (Å²) in [6.07, 6.45) is 0.603. The van der Waals surface area contributed by atoms with Crippen molar-refractivity contribution >= 4 is 46.3 Å². The number of nitrogens with zero attached hydrogens (tertiary/aromatic N) is 5. The van der Waals surface area contributed by atoms with E-state index in [4.69, 9.17) is 17.3 Å². The van der Waals surface area contributed by atoms with Crippen molar-refractivity contribution in [3.8, 4) is 0 Å². The van der Waals surface area contributed by atoms with Gasteiger partial charge in [0.2, 0.25) is 0 Å². The molecule has 37 heavy (non-hydrogen) atoms. The van der Waals surface area contributed by atoms with Gasteiger partial charge in [-0.1, -0.05) is 18.5 Å². The second-order valence-electron chi connectivity index (χ2n) is 8.68. The van der Waals surface area contributed by atoms with Crippen LogP contribution in [0.3, 0.4) is 0 Å². The van der Waals surface area contributed by atoms with E-state index < -0.39 is 22.7 Å². The maximum absolute atomic E-state index is 13.1. The number of nitrogens with two attached hydrogens (primary N) is 1. The number of nitrogens with one attached hydrogen (secondary N) is 1. The number of piperidine rings is 1. The number of thiazole rings is 1. The molecule has 3 aromatic rings. The molecule has 4 rings (SSSR count). The Labute approximate surface area is 219 Å². The summed E-state index contributed by atoms with van der Waals surface area (Å²) in [5.41, 5.74) is 5.14. The molecule has 196 valence electrons. The molecule has 14 heteroatoms. The third kappa shape index (κ3) is 6.59. The average Bonchev–Trinajstić information content (AvgIpc) is 3.36. The number of carbonyl (C=O) groups is 2. The molecule has 3 N–H and O–H groups in total. The third-order valence-corrected chi connectivity index (χ3v) is 7.39. The van der Waals surface area contributed by atoms with Crippen LogP contribution >= 0.6 is 22.9 Å². The van der Waals surface area contributed by atoms with E-state index in [-0.39, 0.29) is 40.6 Å². The predicted molar refractivity (Wildman–Crippen MR) is 133 cm³/mol. The number of ketones is 1. The molecule has 1 aliphatic rings. The molecule has 0 radical (unpaired) electrons. The monoisotopic (exact) mass is 553 g/mol. The molecule has 1 saturated heterocycles. The van der Waals surface area contributed by atoms with Crippen molar-refractivity contribution in [1.82, 2.24) is 19.9 Å². The first kappa shape index (κ1) is 26.9. The lowest BCUT2D eigenvalue weighted by molar-refractivity contribution is -0.137. The summed E-state index contributed by atoms with van der Waals surface area (Å²) < 4.78 is 39.2. The second kappa shape index (κ2) is 11.1. The van der Waals surface area contributed by atoms with Crippen molar-refractivity contribution in [2.75, 3.05) is 23.3 Å². The number of Topliss-reactive ketones (excluding diaryl/α,β-unsaturated/α-hetero) is 1. The molecule has 1 atom stereocenters. The molecular weight excluding hydrogens is 531 g/mol. The zero-order valence-corrected chi connectivity index (χ0v) is 21.2. The van der Waals surface area contributed by atoms with Gasteiger partial charge >= 0.3 is 6.18 Å². The first-order valence-corrected chi connectivity index (χ1v) is 12.6. The quantitative estimate of drug-likeness (QED) is 0.408. The molecule has 0 saturated carbocycles. The highest BCUT2D eigenvalue weighted by molar-refractivity contribution is 7.13. The first-order valence-electron chi connectivity index (χ1n) is 11.4. The topological polar surface area (TPSA) is 127 Å². The smallest absolute Gasteiger partial charge is 0.356 e. The second-order valence-corrected chi connectivity index (χ2v) is 10.1. The molecule has 0 spiro atoms. The van der Waals surface area contributed by atoms with Gasteiger partial charge in [0.1, 0.15) is 28.5 Å². The van der Waals surface area contributed by atoms with E-state index in [0.29, 0.717) is 16.9 Å². The number of anilines is 2. The Balaban J connectivity index is 1.39. The van der Waals surface area contributed by atoms with Crippen LogP contribution in [-0.2, 0) is 6.18 Å². The van der Waals surface area contributed by atoms with Gasteiger partial charge in [-0.2, -0.15) is 13.2 Å². The van der Waals surface area contributed by atoms with Gasteiger partial charge < -0.3 is 16.0 Å². The van der Waals surface area contributed by atoms with Crippen molar-refractivity contribution in [3.63, 3.8) is 0 Å². The molecule has 1 amide bonds. The van der Waals surface area contributed by atoms with Gasteiger partial charge in [-0.25, -0.2) is 19.9 Å². The molecule has 1 aliphatic heterocycles. The highest BCUT2D eigenvalue weighted by Gasteiger charge is 2.34. The van der Waals surface area contributed by atoms with Gasteiger partial charge in [0.25, 0.3) is 5.91 Å². The largest absolute Gasteiger partial charge is 0.418 e. The summed E-state index contributed by atoms with van der Waals surface area (Å²) in [7, 11) is 0. The molecule has 0 bridgehead atoms. The molecule has 1 unspecified atom stereocenters. The number of hydrogen-bond acceptors (Lipinski definition) is 9. The maximum atomic E-state index is 13.1. The van der Waals surface area contributed by atoms with Crippen molar-refractivity contribution in [1.29, 1.82) is 0 Å². The summed E-state index contributed by atoms with van der Waals surface area (Å²) in [5.74, 6) is -0.815. The SMILES string of the molecule is CC(CC(=O)c1cc(N2CCC(N)CC2)ncn1)c1ncc(C(=O)Nc2cc(C(F)(F)F)c(Cl)cn2)s1. The summed E-state index contributed by atoms with van der Waals surface area (Å²) in [4.78, 5) is 44.0. The van der Waals surface area contributed by atoms with E-state index in [9.17, 15) is 22.8 Å². The number of hydrogen-bond donors (Lipinski definition) is 2. The highest BCUT2D eigenvalue weighted by Crippen LogP contribution is 2.35. The van der Waals surface area contributed by atoms with Crippen LogP contribution in [0.2, 0.25) is 5.02 Å². The number of aromatic nitrogens is 4. The van der Waals surface area contributed by atoms with E-state index >= 15 is 0 Å². The van der Waals surface area contributed by atoms with Crippen LogP contribution < -0.4 is 16.0 Å². The first-order chi connectivity index (χ1) is 17.5. The molecule has 4 heterocycles. The van der Waals surface area contributed by atoms with Crippen LogP contribution in [0.4, 0.5) is 24.8 Å². The van der Waals surface area contributed by atoms with Gasteiger partial charge in [-0.05, 0) is 18.9 Å². The van der Waals surface area contributed by atoms with Gasteiger partial charge in [0, 0.05) is 43.7 Å². The number of rotatable bonds is 7. The highest BCUT2D eigenvalue weighted by atomic mass is 35.5. The van der Waals surface area contributed by atoms with Crippen LogP contribution in [0, 0.1) is 0 Å². The van der Waals surface area contributed by atoms with Crippen LogP contribution in [0.25, 0.3) is 0 Å². The summed E-state index contributed by atoms with van der Waals surface area (Å²) in [5, 5.41) is 2.28. The molecular formula is C23H23ClF3N7O2S. The summed E-state index contributed by atoms with van der Waals surface area (Å²) >= 11 is 6.61. The number of alkyl halides is 3. The van der Waals surface area contributed by atoms with Crippen LogP contribution in [0.1, 0.15) is 62.8 Å². The number of carbonyl (C=O) groups excluding carboxylic acids is 2. The minimum Gasteiger partial charge on any atom is -0.356 e. The van der Waals surface area contributed by atoms with E-state index in [2.05, 4.69) is 30.2 Å². The zero-order chi connectivity index (χ0) is 26.7. The Morgan fingerprint density at radius 3 is 2.62 bits per heavy atom. The normalized spacial score (nSPS) is 15.5. The lowest BCUT2D eigenvalue weighted by Crippen LogP contribution is -2.40. The predicted octanol–water partition coefficient (Wildman–Crippen LogP) is 4.56. The fourth-order valence-electron chi connectivity index (χ4n) is 3.79. The van der Waals surface area contributed by atoms with Crippen LogP contribution in [0.15, 0.2) is 30.9 Å².